The van der Waals surface area contributed by atoms with Gasteiger partial charge in [-0.2, -0.15) is 5.26 Å². The molecule has 0 bridgehead atoms. The molecule has 6 heteroatoms. The van der Waals surface area contributed by atoms with Crippen molar-refractivity contribution in [2.24, 2.45) is 0 Å². The SMILES string of the molecule is C=CCc1cc(/C=C(/C#N)C(=O)NCc2ccc(OC)cc2)cc(Br)c1OCc1ccccc1. The molecule has 0 fully saturated rings. The predicted molar refractivity (Wildman–Crippen MR) is 137 cm³/mol. The molecule has 3 rings (SSSR count). The molecule has 0 aliphatic rings. The second kappa shape index (κ2) is 12.4. The predicted octanol–water partition coefficient (Wildman–Crippen LogP) is 5.99. The maximum Gasteiger partial charge on any atom is 0.262 e. The monoisotopic (exact) mass is 516 g/mol. The lowest BCUT2D eigenvalue weighted by Crippen LogP contribution is -2.23. The average molecular weight is 517 g/mol. The van der Waals surface area contributed by atoms with Gasteiger partial charge in [0, 0.05) is 6.54 Å². The molecule has 0 aliphatic heterocycles. The molecule has 3 aromatic carbocycles. The number of carbonyl (C=O) groups excluding carboxylic acids is 1. The molecule has 0 atom stereocenters. The molecule has 1 amide bonds. The van der Waals surface area contributed by atoms with Crippen molar-refractivity contribution in [2.75, 3.05) is 7.11 Å². The largest absolute Gasteiger partial charge is 0.497 e. The normalized spacial score (nSPS) is 10.8. The fourth-order valence-electron chi connectivity index (χ4n) is 3.29. The summed E-state index contributed by atoms with van der Waals surface area (Å²) in [6, 6.07) is 23.0. The summed E-state index contributed by atoms with van der Waals surface area (Å²) >= 11 is 3.58. The van der Waals surface area contributed by atoms with Crippen LogP contribution >= 0.6 is 15.9 Å². The van der Waals surface area contributed by atoms with Gasteiger partial charge in [-0.05, 0) is 74.9 Å². The number of ether oxygens (including phenoxy) is 2. The van der Waals surface area contributed by atoms with Gasteiger partial charge in [0.25, 0.3) is 5.91 Å². The minimum absolute atomic E-state index is 0.0166. The van der Waals surface area contributed by atoms with Gasteiger partial charge in [-0.1, -0.05) is 48.5 Å². The topological polar surface area (TPSA) is 71.4 Å². The zero-order valence-corrected chi connectivity index (χ0v) is 20.5. The number of allylic oxidation sites excluding steroid dienone is 1. The van der Waals surface area contributed by atoms with Crippen LogP contribution in [0, 0.1) is 11.3 Å². The van der Waals surface area contributed by atoms with Gasteiger partial charge < -0.3 is 14.8 Å². The first kappa shape index (κ1) is 24.8. The van der Waals surface area contributed by atoms with Gasteiger partial charge in [-0.15, -0.1) is 6.58 Å². The molecule has 0 heterocycles. The smallest absolute Gasteiger partial charge is 0.262 e. The van der Waals surface area contributed by atoms with E-state index in [2.05, 4.69) is 27.8 Å². The van der Waals surface area contributed by atoms with Crippen LogP contribution in [0.25, 0.3) is 6.08 Å². The number of hydrogen-bond acceptors (Lipinski definition) is 4. The molecule has 3 aromatic rings. The maximum atomic E-state index is 12.6. The lowest BCUT2D eigenvalue weighted by molar-refractivity contribution is -0.117. The van der Waals surface area contributed by atoms with Crippen LogP contribution in [-0.4, -0.2) is 13.0 Å². The van der Waals surface area contributed by atoms with Gasteiger partial charge in [0.15, 0.2) is 0 Å². The van der Waals surface area contributed by atoms with Crippen molar-refractivity contribution >= 4 is 27.9 Å². The van der Waals surface area contributed by atoms with Crippen molar-refractivity contribution in [1.82, 2.24) is 5.32 Å². The summed E-state index contributed by atoms with van der Waals surface area (Å²) < 4.78 is 12.0. The van der Waals surface area contributed by atoms with Crippen LogP contribution in [0.1, 0.15) is 22.3 Å². The number of nitrogens with one attached hydrogen (secondary N) is 1. The summed E-state index contributed by atoms with van der Waals surface area (Å²) in [6.07, 6.45) is 3.94. The molecule has 172 valence electrons. The van der Waals surface area contributed by atoms with Crippen LogP contribution in [-0.2, 0) is 24.4 Å². The second-order valence-electron chi connectivity index (χ2n) is 7.46. The molecule has 5 nitrogen and oxygen atoms in total. The van der Waals surface area contributed by atoms with E-state index in [-0.39, 0.29) is 5.57 Å². The summed E-state index contributed by atoms with van der Waals surface area (Å²) in [6.45, 7) is 4.57. The van der Waals surface area contributed by atoms with Crippen molar-refractivity contribution in [3.63, 3.8) is 0 Å². The molecule has 0 aromatic heterocycles. The maximum absolute atomic E-state index is 12.6. The van der Waals surface area contributed by atoms with E-state index < -0.39 is 5.91 Å². The van der Waals surface area contributed by atoms with Crippen molar-refractivity contribution in [1.29, 1.82) is 5.26 Å². The Morgan fingerprint density at radius 2 is 1.85 bits per heavy atom. The number of nitriles is 1. The van der Waals surface area contributed by atoms with E-state index in [4.69, 9.17) is 9.47 Å². The zero-order chi connectivity index (χ0) is 24.3. The quantitative estimate of drug-likeness (QED) is 0.204. The highest BCUT2D eigenvalue weighted by Gasteiger charge is 2.13. The molecule has 0 saturated heterocycles. The number of rotatable bonds is 10. The van der Waals surface area contributed by atoms with Crippen LogP contribution in [0.5, 0.6) is 11.5 Å². The number of amides is 1. The molecule has 0 aliphatic carbocycles. The molecule has 0 saturated carbocycles. The Kier molecular flexibility index (Phi) is 9.07. The highest BCUT2D eigenvalue weighted by atomic mass is 79.9. The van der Waals surface area contributed by atoms with Gasteiger partial charge in [0.1, 0.15) is 29.7 Å². The molecule has 1 N–H and O–H groups in total. The Hall–Kier alpha value is -3.82. The standard InChI is InChI=1S/C28H25BrN2O3/c1-3-7-23-14-22(16-26(29)27(23)34-19-21-8-5-4-6-9-21)15-24(17-30)28(32)31-18-20-10-12-25(33-2)13-11-20/h3-6,8-16H,1,7,18-19H2,2H3,(H,31,32)/b24-15-. The number of benzene rings is 3. The fraction of sp³-hybridized carbons (Fsp3) is 0.143. The Labute approximate surface area is 208 Å². The highest BCUT2D eigenvalue weighted by molar-refractivity contribution is 9.10. The number of hydrogen-bond donors (Lipinski definition) is 1. The highest BCUT2D eigenvalue weighted by Crippen LogP contribution is 2.33. The van der Waals surface area contributed by atoms with Crippen molar-refractivity contribution in [3.8, 4) is 17.6 Å². The van der Waals surface area contributed by atoms with Gasteiger partial charge in [-0.25, -0.2) is 0 Å². The molecule has 0 spiro atoms. The van der Waals surface area contributed by atoms with Gasteiger partial charge >= 0.3 is 0 Å². The van der Waals surface area contributed by atoms with Crippen molar-refractivity contribution < 1.29 is 14.3 Å². The Balaban J connectivity index is 1.76. The van der Waals surface area contributed by atoms with E-state index in [1.165, 1.54) is 0 Å². The van der Waals surface area contributed by atoms with Crippen molar-refractivity contribution in [2.45, 2.75) is 19.6 Å². The van der Waals surface area contributed by atoms with Gasteiger partial charge in [-0.3, -0.25) is 4.79 Å². The summed E-state index contributed by atoms with van der Waals surface area (Å²) in [5.41, 5.74) is 3.60. The van der Waals surface area contributed by atoms with Gasteiger partial charge in [0.05, 0.1) is 11.6 Å². The average Bonchev–Trinajstić information content (AvgIpc) is 2.86. The first-order valence-electron chi connectivity index (χ1n) is 10.7. The number of carbonyl (C=O) groups is 1. The first-order valence-corrected chi connectivity index (χ1v) is 11.5. The summed E-state index contributed by atoms with van der Waals surface area (Å²) in [4.78, 5) is 12.6. The first-order chi connectivity index (χ1) is 16.5. The lowest BCUT2D eigenvalue weighted by atomic mass is 10.0. The van der Waals surface area contributed by atoms with Crippen LogP contribution in [0.3, 0.4) is 0 Å². The third-order valence-electron chi connectivity index (χ3n) is 5.02. The summed E-state index contributed by atoms with van der Waals surface area (Å²) in [5, 5.41) is 12.4. The number of halogens is 1. The van der Waals surface area contributed by atoms with E-state index in [0.717, 1.165) is 26.9 Å². The minimum atomic E-state index is -0.441. The summed E-state index contributed by atoms with van der Waals surface area (Å²) in [5.74, 6) is 1.01. The Morgan fingerprint density at radius 1 is 1.12 bits per heavy atom. The van der Waals surface area contributed by atoms with Crippen LogP contribution in [0.2, 0.25) is 0 Å². The third-order valence-corrected chi connectivity index (χ3v) is 5.61. The molecule has 0 unspecified atom stereocenters. The minimum Gasteiger partial charge on any atom is -0.497 e. The third kappa shape index (κ3) is 6.84. The van der Waals surface area contributed by atoms with E-state index in [0.29, 0.717) is 30.9 Å². The van der Waals surface area contributed by atoms with Gasteiger partial charge in [0.2, 0.25) is 0 Å². The Bertz CT molecular complexity index is 1210. The van der Waals surface area contributed by atoms with E-state index >= 15 is 0 Å². The van der Waals surface area contributed by atoms with E-state index in [1.807, 2.05) is 72.8 Å². The zero-order valence-electron chi connectivity index (χ0n) is 18.9. The van der Waals surface area contributed by atoms with Crippen LogP contribution < -0.4 is 14.8 Å². The number of nitrogens with zero attached hydrogens (tertiary/aromatic N) is 1. The summed E-state index contributed by atoms with van der Waals surface area (Å²) in [7, 11) is 1.60. The molecule has 34 heavy (non-hydrogen) atoms. The molecular weight excluding hydrogens is 492 g/mol. The second-order valence-corrected chi connectivity index (χ2v) is 8.31. The van der Waals surface area contributed by atoms with E-state index in [9.17, 15) is 10.1 Å². The number of methoxy groups -OCH3 is 1. The molecular formula is C28H25BrN2O3. The fourth-order valence-corrected chi connectivity index (χ4v) is 3.93. The van der Waals surface area contributed by atoms with Crippen molar-refractivity contribution in [3.05, 3.63) is 112 Å². The lowest BCUT2D eigenvalue weighted by Gasteiger charge is -2.14. The Morgan fingerprint density at radius 3 is 2.50 bits per heavy atom. The molecule has 0 radical (unpaired) electrons. The van der Waals surface area contributed by atoms with Crippen LogP contribution in [0.15, 0.2) is 89.4 Å². The van der Waals surface area contributed by atoms with Crippen LogP contribution in [0.4, 0.5) is 0 Å². The van der Waals surface area contributed by atoms with E-state index in [1.54, 1.807) is 19.3 Å².